The molecule has 2 aromatic carbocycles. The molecule has 1 fully saturated rings. The molecule has 0 saturated carbocycles. The van der Waals surface area contributed by atoms with Crippen LogP contribution >= 0.6 is 0 Å². The van der Waals surface area contributed by atoms with Crippen LogP contribution in [-0.2, 0) is 20.6 Å². The van der Waals surface area contributed by atoms with Gasteiger partial charge in [0.1, 0.15) is 0 Å². The van der Waals surface area contributed by atoms with Crippen molar-refractivity contribution in [2.75, 3.05) is 6.54 Å². The molecule has 0 unspecified atom stereocenters. The number of hydrogen-bond acceptors (Lipinski definition) is 3. The minimum atomic E-state index is -0.505. The van der Waals surface area contributed by atoms with Gasteiger partial charge in [-0.25, -0.2) is 0 Å². The predicted molar refractivity (Wildman–Crippen MR) is 130 cm³/mol. The van der Waals surface area contributed by atoms with Crippen molar-refractivity contribution in [2.24, 2.45) is 0 Å². The van der Waals surface area contributed by atoms with Crippen LogP contribution in [0.3, 0.4) is 0 Å². The smallest absolute Gasteiger partial charge is 0.399 e. The second-order valence-electron chi connectivity index (χ2n) is 8.88. The lowest BCUT2D eigenvalue weighted by Crippen LogP contribution is -2.50. The Bertz CT molecular complexity index is 945. The highest BCUT2D eigenvalue weighted by molar-refractivity contribution is 6.59. The lowest BCUT2D eigenvalue weighted by atomic mass is 9.75. The zero-order valence-corrected chi connectivity index (χ0v) is 19.8. The van der Waals surface area contributed by atoms with Gasteiger partial charge < -0.3 is 14.2 Å². The zero-order valence-electron chi connectivity index (χ0n) is 19.8. The van der Waals surface area contributed by atoms with E-state index in [0.29, 0.717) is 13.1 Å². The second kappa shape index (κ2) is 9.25. The van der Waals surface area contributed by atoms with E-state index in [0.717, 1.165) is 47.9 Å². The van der Waals surface area contributed by atoms with Gasteiger partial charge >= 0.3 is 7.12 Å². The molecule has 0 radical (unpaired) electrons. The van der Waals surface area contributed by atoms with Crippen LogP contribution in [0.15, 0.2) is 66.1 Å². The minimum absolute atomic E-state index is 0.0475. The Morgan fingerprint density at radius 3 is 1.81 bits per heavy atom. The summed E-state index contributed by atoms with van der Waals surface area (Å²) in [6.07, 6.45) is 3.54. The Morgan fingerprint density at radius 1 is 0.812 bits per heavy atom. The molecule has 2 aliphatic heterocycles. The van der Waals surface area contributed by atoms with Crippen molar-refractivity contribution >= 4 is 18.6 Å². The lowest BCUT2D eigenvalue weighted by molar-refractivity contribution is -0.124. The molecule has 32 heavy (non-hydrogen) atoms. The van der Waals surface area contributed by atoms with Crippen molar-refractivity contribution in [3.8, 4) is 0 Å². The molecule has 0 atom stereocenters. The highest BCUT2D eigenvalue weighted by Crippen LogP contribution is 2.49. The average molecular weight is 431 g/mol. The number of carbonyl (C=O) groups excluding carboxylic acids is 1. The van der Waals surface area contributed by atoms with Crippen molar-refractivity contribution in [1.82, 2.24) is 4.90 Å². The van der Waals surface area contributed by atoms with E-state index < -0.39 is 7.12 Å². The van der Waals surface area contributed by atoms with Gasteiger partial charge in [0.25, 0.3) is 5.91 Å². The lowest BCUT2D eigenvalue weighted by Gasteiger charge is -2.42. The third-order valence-electron chi connectivity index (χ3n) is 7.53. The maximum Gasteiger partial charge on any atom is 0.493 e. The van der Waals surface area contributed by atoms with Crippen molar-refractivity contribution < 1.29 is 14.1 Å². The Balaban J connectivity index is 1.73. The van der Waals surface area contributed by atoms with Gasteiger partial charge in [-0.3, -0.25) is 4.79 Å². The quantitative estimate of drug-likeness (QED) is 0.505. The first-order valence-electron chi connectivity index (χ1n) is 12.0. The van der Waals surface area contributed by atoms with Gasteiger partial charge in [-0.1, -0.05) is 88.4 Å². The van der Waals surface area contributed by atoms with Gasteiger partial charge in [0.05, 0.1) is 11.2 Å². The SMILES string of the molecule is CCC1(CC)OB(C2=C(c3ccccc3)C(=O)N(Cc3ccccc3)C2)OC1(CC)CC. The van der Waals surface area contributed by atoms with Crippen LogP contribution in [-0.4, -0.2) is 35.7 Å². The summed E-state index contributed by atoms with van der Waals surface area (Å²) in [7, 11) is -0.505. The van der Waals surface area contributed by atoms with E-state index in [1.54, 1.807) is 0 Å². The molecule has 0 N–H and O–H groups in total. The summed E-state index contributed by atoms with van der Waals surface area (Å²) in [4.78, 5) is 15.5. The van der Waals surface area contributed by atoms with E-state index in [9.17, 15) is 4.79 Å². The number of nitrogens with zero attached hydrogens (tertiary/aromatic N) is 1. The summed E-state index contributed by atoms with van der Waals surface area (Å²) in [6.45, 7) is 9.83. The van der Waals surface area contributed by atoms with Gasteiger partial charge in [-0.05, 0) is 42.3 Å². The first kappa shape index (κ1) is 22.8. The second-order valence-corrected chi connectivity index (χ2v) is 8.88. The van der Waals surface area contributed by atoms with Crippen molar-refractivity contribution in [3.63, 3.8) is 0 Å². The fraction of sp³-hybridized carbons (Fsp3) is 0.444. The molecule has 168 valence electrons. The van der Waals surface area contributed by atoms with Crippen LogP contribution < -0.4 is 0 Å². The Kier molecular flexibility index (Phi) is 6.59. The summed E-state index contributed by atoms with van der Waals surface area (Å²) in [5, 5.41) is 0. The molecule has 5 heteroatoms. The van der Waals surface area contributed by atoms with Crippen molar-refractivity contribution in [1.29, 1.82) is 0 Å². The molecule has 0 spiro atoms. The molecule has 1 amide bonds. The zero-order chi connectivity index (χ0) is 22.8. The number of benzene rings is 2. The highest BCUT2D eigenvalue weighted by Gasteiger charge is 2.60. The summed E-state index contributed by atoms with van der Waals surface area (Å²) < 4.78 is 13.5. The molecular weight excluding hydrogens is 397 g/mol. The molecule has 2 aliphatic rings. The Morgan fingerprint density at radius 2 is 1.31 bits per heavy atom. The van der Waals surface area contributed by atoms with E-state index in [1.807, 2.05) is 53.4 Å². The van der Waals surface area contributed by atoms with Gasteiger partial charge in [0.2, 0.25) is 0 Å². The minimum Gasteiger partial charge on any atom is -0.399 e. The summed E-state index contributed by atoms with van der Waals surface area (Å²) in [6, 6.07) is 20.1. The maximum atomic E-state index is 13.6. The predicted octanol–water partition coefficient (Wildman–Crippen LogP) is 5.67. The van der Waals surface area contributed by atoms with Crippen molar-refractivity contribution in [3.05, 3.63) is 77.3 Å². The van der Waals surface area contributed by atoms with E-state index in [4.69, 9.17) is 9.31 Å². The van der Waals surface area contributed by atoms with Gasteiger partial charge in [-0.15, -0.1) is 0 Å². The summed E-state index contributed by atoms with van der Waals surface area (Å²) in [5.41, 5.74) is 3.05. The maximum absolute atomic E-state index is 13.6. The molecule has 0 bridgehead atoms. The fourth-order valence-electron chi connectivity index (χ4n) is 5.60. The molecule has 0 aromatic heterocycles. The third kappa shape index (κ3) is 3.72. The molecule has 1 saturated heterocycles. The normalized spacial score (nSPS) is 19.8. The van der Waals surface area contributed by atoms with Crippen LogP contribution in [0.5, 0.6) is 0 Å². The van der Waals surface area contributed by atoms with E-state index in [1.165, 1.54) is 0 Å². The summed E-state index contributed by atoms with van der Waals surface area (Å²) in [5.74, 6) is 0.0475. The number of rotatable bonds is 8. The van der Waals surface area contributed by atoms with Crippen LogP contribution in [0.25, 0.3) is 5.57 Å². The topological polar surface area (TPSA) is 38.8 Å². The first-order valence-corrected chi connectivity index (χ1v) is 12.0. The van der Waals surface area contributed by atoms with Crippen molar-refractivity contribution in [2.45, 2.75) is 71.1 Å². The first-order chi connectivity index (χ1) is 15.5. The molecule has 0 aliphatic carbocycles. The van der Waals surface area contributed by atoms with E-state index >= 15 is 0 Å². The van der Waals surface area contributed by atoms with Gasteiger partial charge in [0.15, 0.2) is 0 Å². The number of amides is 1. The Labute approximate surface area is 192 Å². The molecule has 4 nitrogen and oxygen atoms in total. The molecule has 2 heterocycles. The molecule has 2 aromatic rings. The molecule has 4 rings (SSSR count). The van der Waals surface area contributed by atoms with Crippen LogP contribution in [0.1, 0.15) is 64.5 Å². The number of carbonyl (C=O) groups is 1. The van der Waals surface area contributed by atoms with Gasteiger partial charge in [-0.2, -0.15) is 0 Å². The third-order valence-corrected chi connectivity index (χ3v) is 7.53. The van der Waals surface area contributed by atoms with E-state index in [-0.39, 0.29) is 17.1 Å². The average Bonchev–Trinajstić information content (AvgIpc) is 3.35. The monoisotopic (exact) mass is 431 g/mol. The Hall–Kier alpha value is -2.37. The van der Waals surface area contributed by atoms with Crippen LogP contribution in [0, 0.1) is 0 Å². The standard InChI is InChI=1S/C27H34BNO3/c1-5-26(6-2)27(7-3,8-4)32-28(31-26)23-20-29(19-21-15-11-9-12-16-21)25(30)24(23)22-17-13-10-14-18-22/h9-18H,5-8,19-20H2,1-4H3. The molecular formula is C27H34BNO3. The largest absolute Gasteiger partial charge is 0.493 e. The van der Waals surface area contributed by atoms with E-state index in [2.05, 4.69) is 39.8 Å². The number of hydrogen-bond donors (Lipinski definition) is 0. The fourth-order valence-corrected chi connectivity index (χ4v) is 5.60. The van der Waals surface area contributed by atoms with Crippen LogP contribution in [0.4, 0.5) is 0 Å². The van der Waals surface area contributed by atoms with Crippen LogP contribution in [0.2, 0.25) is 0 Å². The summed E-state index contributed by atoms with van der Waals surface area (Å²) >= 11 is 0. The highest BCUT2D eigenvalue weighted by atomic mass is 16.7. The van der Waals surface area contributed by atoms with Gasteiger partial charge in [0, 0.05) is 18.7 Å².